The van der Waals surface area contributed by atoms with E-state index in [2.05, 4.69) is 0 Å². The maximum Gasteiger partial charge on any atom is 0.253 e. The van der Waals surface area contributed by atoms with Crippen molar-refractivity contribution >= 4 is 17.5 Å². The molecule has 2 rings (SSSR count). The molecule has 1 aliphatic heterocycles. The summed E-state index contributed by atoms with van der Waals surface area (Å²) in [4.78, 5) is 14.3. The lowest BCUT2D eigenvalue weighted by atomic mass is 10.1. The summed E-state index contributed by atoms with van der Waals surface area (Å²) < 4.78 is 5.60. The Balaban J connectivity index is 2.01. The zero-order chi connectivity index (χ0) is 13.7. The number of rotatable bonds is 5. The fourth-order valence-corrected chi connectivity index (χ4v) is 2.49. The van der Waals surface area contributed by atoms with Crippen molar-refractivity contribution < 1.29 is 9.53 Å². The Bertz CT molecular complexity index is 413. The summed E-state index contributed by atoms with van der Waals surface area (Å²) in [6.07, 6.45) is 2.35. The van der Waals surface area contributed by atoms with Gasteiger partial charge in [0.2, 0.25) is 0 Å². The van der Waals surface area contributed by atoms with Crippen molar-refractivity contribution in [1.82, 2.24) is 4.90 Å². The lowest BCUT2D eigenvalue weighted by Gasteiger charge is -2.24. The first-order valence-electron chi connectivity index (χ1n) is 6.80. The number of alkyl halides is 1. The molecule has 1 aromatic rings. The highest BCUT2D eigenvalue weighted by Gasteiger charge is 2.22. The van der Waals surface area contributed by atoms with Gasteiger partial charge in [-0.15, -0.1) is 11.6 Å². The molecule has 0 bridgehead atoms. The summed E-state index contributed by atoms with van der Waals surface area (Å²) in [5.41, 5.74) is 1.74. The number of benzene rings is 1. The maximum atomic E-state index is 12.4. The molecule has 1 aliphatic rings. The fraction of sp³-hybridized carbons (Fsp3) is 0.533. The van der Waals surface area contributed by atoms with Crippen LogP contribution in [0.25, 0.3) is 0 Å². The monoisotopic (exact) mass is 281 g/mol. The van der Waals surface area contributed by atoms with Crippen LogP contribution in [0.3, 0.4) is 0 Å². The van der Waals surface area contributed by atoms with Crippen LogP contribution in [0.2, 0.25) is 0 Å². The number of carbonyl (C=O) groups excluding carboxylic acids is 1. The van der Waals surface area contributed by atoms with Crippen LogP contribution in [0.5, 0.6) is 0 Å². The molecule has 19 heavy (non-hydrogen) atoms. The van der Waals surface area contributed by atoms with E-state index in [-0.39, 0.29) is 12.0 Å². The number of halogens is 1. The normalized spacial score (nSPS) is 18.5. The molecule has 104 valence electrons. The van der Waals surface area contributed by atoms with Gasteiger partial charge in [0, 0.05) is 31.1 Å². The molecule has 0 spiro atoms. The van der Waals surface area contributed by atoms with Gasteiger partial charge in [-0.2, -0.15) is 0 Å². The minimum Gasteiger partial charge on any atom is -0.376 e. The second-order valence-electron chi connectivity index (χ2n) is 4.81. The Morgan fingerprint density at radius 3 is 2.68 bits per heavy atom. The van der Waals surface area contributed by atoms with E-state index in [4.69, 9.17) is 16.3 Å². The van der Waals surface area contributed by atoms with Crippen LogP contribution in [-0.4, -0.2) is 36.6 Å². The van der Waals surface area contributed by atoms with Crippen LogP contribution in [-0.2, 0) is 10.6 Å². The third-order valence-corrected chi connectivity index (χ3v) is 3.78. The summed E-state index contributed by atoms with van der Waals surface area (Å²) in [7, 11) is 0. The third kappa shape index (κ3) is 3.71. The maximum absolute atomic E-state index is 12.4. The first-order chi connectivity index (χ1) is 9.24. The van der Waals surface area contributed by atoms with Crippen LogP contribution in [0.15, 0.2) is 24.3 Å². The van der Waals surface area contributed by atoms with Crippen LogP contribution in [0.4, 0.5) is 0 Å². The first kappa shape index (κ1) is 14.4. The minimum absolute atomic E-state index is 0.0686. The van der Waals surface area contributed by atoms with E-state index in [1.807, 2.05) is 36.1 Å². The summed E-state index contributed by atoms with van der Waals surface area (Å²) in [5.74, 6) is 0.543. The fourth-order valence-electron chi connectivity index (χ4n) is 2.31. The number of hydrogen-bond donors (Lipinski definition) is 0. The molecule has 3 nitrogen and oxygen atoms in total. The van der Waals surface area contributed by atoms with Crippen molar-refractivity contribution in [2.24, 2.45) is 0 Å². The summed E-state index contributed by atoms with van der Waals surface area (Å²) in [6.45, 7) is 4.21. The average molecular weight is 282 g/mol. The lowest BCUT2D eigenvalue weighted by molar-refractivity contribution is 0.0539. The molecule has 1 atom stereocenters. The molecule has 1 amide bonds. The molecule has 0 aliphatic carbocycles. The Hall–Kier alpha value is -1.06. The molecule has 0 aromatic heterocycles. The Morgan fingerprint density at radius 2 is 2.16 bits per heavy atom. The van der Waals surface area contributed by atoms with Crippen molar-refractivity contribution in [3.8, 4) is 0 Å². The standard InChI is InChI=1S/C15H20ClNO2/c1-2-17(11-14-4-3-9-19-14)15(18)13-7-5-12(10-16)6-8-13/h5-8,14H,2-4,9-11H2,1H3. The predicted molar refractivity (Wildman–Crippen MR) is 76.6 cm³/mol. The highest BCUT2D eigenvalue weighted by Crippen LogP contribution is 2.15. The third-order valence-electron chi connectivity index (χ3n) is 3.47. The first-order valence-corrected chi connectivity index (χ1v) is 7.33. The molecular formula is C15H20ClNO2. The van der Waals surface area contributed by atoms with E-state index in [9.17, 15) is 4.79 Å². The van der Waals surface area contributed by atoms with Gasteiger partial charge < -0.3 is 9.64 Å². The van der Waals surface area contributed by atoms with Gasteiger partial charge in [0.15, 0.2) is 0 Å². The van der Waals surface area contributed by atoms with Crippen molar-refractivity contribution in [2.45, 2.75) is 31.7 Å². The van der Waals surface area contributed by atoms with Gasteiger partial charge in [0.1, 0.15) is 0 Å². The minimum atomic E-state index is 0.0686. The zero-order valence-corrected chi connectivity index (χ0v) is 12.0. The van der Waals surface area contributed by atoms with Gasteiger partial charge in [-0.25, -0.2) is 0 Å². The van der Waals surface area contributed by atoms with Crippen LogP contribution in [0.1, 0.15) is 35.7 Å². The van der Waals surface area contributed by atoms with E-state index in [1.165, 1.54) is 0 Å². The predicted octanol–water partition coefficient (Wildman–Crippen LogP) is 3.07. The van der Waals surface area contributed by atoms with E-state index in [0.29, 0.717) is 24.5 Å². The molecule has 1 fully saturated rings. The van der Waals surface area contributed by atoms with E-state index < -0.39 is 0 Å². The number of ether oxygens (including phenoxy) is 1. The van der Waals surface area contributed by atoms with E-state index in [0.717, 1.165) is 25.0 Å². The quantitative estimate of drug-likeness (QED) is 0.777. The molecule has 0 radical (unpaired) electrons. The largest absolute Gasteiger partial charge is 0.376 e. The van der Waals surface area contributed by atoms with Gasteiger partial charge in [0.05, 0.1) is 6.10 Å². The van der Waals surface area contributed by atoms with Gasteiger partial charge >= 0.3 is 0 Å². The molecule has 1 heterocycles. The lowest BCUT2D eigenvalue weighted by Crippen LogP contribution is -2.37. The SMILES string of the molecule is CCN(CC1CCCO1)C(=O)c1ccc(CCl)cc1. The van der Waals surface area contributed by atoms with Gasteiger partial charge in [0.25, 0.3) is 5.91 Å². The number of amides is 1. The second-order valence-corrected chi connectivity index (χ2v) is 5.08. The Kier molecular flexibility index (Phi) is 5.23. The van der Waals surface area contributed by atoms with Crippen molar-refractivity contribution in [3.05, 3.63) is 35.4 Å². The van der Waals surface area contributed by atoms with Gasteiger partial charge in [-0.3, -0.25) is 4.79 Å². The Morgan fingerprint density at radius 1 is 1.42 bits per heavy atom. The molecule has 4 heteroatoms. The highest BCUT2D eigenvalue weighted by atomic mass is 35.5. The van der Waals surface area contributed by atoms with Crippen LogP contribution >= 0.6 is 11.6 Å². The molecule has 0 saturated carbocycles. The smallest absolute Gasteiger partial charge is 0.253 e. The molecule has 0 N–H and O–H groups in total. The summed E-state index contributed by atoms with van der Waals surface area (Å²) in [5, 5.41) is 0. The van der Waals surface area contributed by atoms with E-state index >= 15 is 0 Å². The number of carbonyl (C=O) groups is 1. The topological polar surface area (TPSA) is 29.5 Å². The number of likely N-dealkylation sites (N-methyl/N-ethyl adjacent to an activating group) is 1. The molecule has 1 saturated heterocycles. The molecule has 1 unspecified atom stereocenters. The van der Waals surface area contributed by atoms with Gasteiger partial charge in [-0.05, 0) is 37.5 Å². The number of hydrogen-bond acceptors (Lipinski definition) is 2. The number of nitrogens with zero attached hydrogens (tertiary/aromatic N) is 1. The van der Waals surface area contributed by atoms with Crippen molar-refractivity contribution in [1.29, 1.82) is 0 Å². The zero-order valence-electron chi connectivity index (χ0n) is 11.3. The highest BCUT2D eigenvalue weighted by molar-refractivity contribution is 6.17. The average Bonchev–Trinajstić information content (AvgIpc) is 2.97. The van der Waals surface area contributed by atoms with E-state index in [1.54, 1.807) is 0 Å². The molecule has 1 aromatic carbocycles. The Labute approximate surface area is 119 Å². The van der Waals surface area contributed by atoms with Crippen molar-refractivity contribution in [3.63, 3.8) is 0 Å². The molecular weight excluding hydrogens is 262 g/mol. The van der Waals surface area contributed by atoms with Gasteiger partial charge in [-0.1, -0.05) is 12.1 Å². The van der Waals surface area contributed by atoms with Crippen molar-refractivity contribution in [2.75, 3.05) is 19.7 Å². The second kappa shape index (κ2) is 6.92. The van der Waals surface area contributed by atoms with Crippen LogP contribution in [0, 0.1) is 0 Å². The van der Waals surface area contributed by atoms with Crippen LogP contribution < -0.4 is 0 Å². The summed E-state index contributed by atoms with van der Waals surface area (Å²) in [6, 6.07) is 7.50. The summed E-state index contributed by atoms with van der Waals surface area (Å²) >= 11 is 5.75.